The number of nitrogens with zero attached hydrogens (tertiary/aromatic N) is 3. The number of carbonyl (C=O) groups excluding carboxylic acids is 2. The number of unbranched alkanes of at least 4 members (excludes halogenated alkanes) is 18. The van der Waals surface area contributed by atoms with Crippen LogP contribution in [-0.2, 0) is 9.47 Å². The van der Waals surface area contributed by atoms with E-state index in [-0.39, 0.29) is 11.1 Å². The lowest BCUT2D eigenvalue weighted by Crippen LogP contribution is -2.10. The number of nitriles is 1. The molecular weight excluding hydrogens is 919 g/mol. The standard InChI is InChI=1S/C61H77N3O9/c1-3-4-5-6-7-8-11-14-19-40-69-55-32-36-57(37-33-55)73-58-38-34-56(35-39-58)70-41-20-15-12-9-10-13-16-23-44-72-61(66)51-45-50(60(65)67-2)46-59(47-51)71-43-22-18-17-21-42-68-54-30-28-53(29-31-54)64-63-52-26-24-49(48-62)25-27-52/h24-39,45-47H,3-23,40-44H2,1-2H3. The molecule has 0 bridgehead atoms. The van der Waals surface area contributed by atoms with Gasteiger partial charge in [-0.25, -0.2) is 9.59 Å². The first-order chi connectivity index (χ1) is 35.9. The van der Waals surface area contributed by atoms with E-state index < -0.39 is 11.9 Å². The van der Waals surface area contributed by atoms with Gasteiger partial charge in [-0.1, -0.05) is 96.8 Å². The Kier molecular flexibility index (Phi) is 27.6. The SMILES string of the molecule is CCCCCCCCCCCOc1ccc(Oc2ccc(OCCCCCCCCCCOC(=O)c3cc(OCCCCCCOc4ccc(N=Nc5ccc(C#N)cc5)cc4)cc(C(=O)OC)c3)cc2)cc1. The van der Waals surface area contributed by atoms with E-state index in [1.807, 2.05) is 72.8 Å². The summed E-state index contributed by atoms with van der Waals surface area (Å²) in [5.41, 5.74) is 2.45. The second-order valence-electron chi connectivity index (χ2n) is 18.2. The van der Waals surface area contributed by atoms with E-state index in [1.54, 1.807) is 36.4 Å². The van der Waals surface area contributed by atoms with Gasteiger partial charge in [0, 0.05) is 0 Å². The Hall–Kier alpha value is -6.87. The van der Waals surface area contributed by atoms with Crippen LogP contribution >= 0.6 is 0 Å². The van der Waals surface area contributed by atoms with Crippen LogP contribution in [0.15, 0.2) is 125 Å². The molecule has 12 heteroatoms. The summed E-state index contributed by atoms with van der Waals surface area (Å²) in [4.78, 5) is 25.4. The van der Waals surface area contributed by atoms with E-state index in [4.69, 9.17) is 38.4 Å². The number of carbonyl (C=O) groups is 2. The molecule has 0 saturated carbocycles. The van der Waals surface area contributed by atoms with Gasteiger partial charge in [-0.2, -0.15) is 15.5 Å². The van der Waals surface area contributed by atoms with E-state index in [0.29, 0.717) is 49.1 Å². The van der Waals surface area contributed by atoms with E-state index >= 15 is 0 Å². The second-order valence-corrected chi connectivity index (χ2v) is 18.2. The van der Waals surface area contributed by atoms with Crippen LogP contribution < -0.4 is 23.7 Å². The second kappa shape index (κ2) is 35.3. The fraction of sp³-hybridized carbons (Fsp3) is 0.459. The van der Waals surface area contributed by atoms with Crippen LogP contribution in [0.25, 0.3) is 0 Å². The zero-order valence-corrected chi connectivity index (χ0v) is 43.4. The maximum atomic E-state index is 13.0. The summed E-state index contributed by atoms with van der Waals surface area (Å²) in [6, 6.07) is 36.7. The maximum Gasteiger partial charge on any atom is 0.338 e. The highest BCUT2D eigenvalue weighted by Gasteiger charge is 2.16. The van der Waals surface area contributed by atoms with Gasteiger partial charge in [-0.15, -0.1) is 0 Å². The molecule has 12 nitrogen and oxygen atoms in total. The lowest BCUT2D eigenvalue weighted by Gasteiger charge is -2.11. The van der Waals surface area contributed by atoms with Crippen LogP contribution in [0.4, 0.5) is 11.4 Å². The quantitative estimate of drug-likeness (QED) is 0.0213. The van der Waals surface area contributed by atoms with Crippen molar-refractivity contribution in [1.29, 1.82) is 5.26 Å². The summed E-state index contributed by atoms with van der Waals surface area (Å²) >= 11 is 0. The minimum Gasteiger partial charge on any atom is -0.494 e. The number of methoxy groups -OCH3 is 1. The predicted molar refractivity (Wildman–Crippen MR) is 287 cm³/mol. The number of benzene rings is 5. The Balaban J connectivity index is 0.844. The molecule has 0 spiro atoms. The molecule has 0 aliphatic rings. The van der Waals surface area contributed by atoms with Crippen LogP contribution in [0, 0.1) is 11.3 Å². The van der Waals surface area contributed by atoms with Crippen molar-refractivity contribution >= 4 is 23.3 Å². The normalized spacial score (nSPS) is 11.0. The summed E-state index contributed by atoms with van der Waals surface area (Å²) in [5, 5.41) is 17.4. The number of esters is 2. The smallest absolute Gasteiger partial charge is 0.338 e. The molecular formula is C61H77N3O9. The largest absolute Gasteiger partial charge is 0.494 e. The molecule has 0 aliphatic carbocycles. The Morgan fingerprint density at radius 3 is 1.16 bits per heavy atom. The third-order valence-electron chi connectivity index (χ3n) is 12.2. The molecule has 0 N–H and O–H groups in total. The van der Waals surface area contributed by atoms with Gasteiger partial charge in [0.15, 0.2) is 0 Å². The van der Waals surface area contributed by atoms with Crippen molar-refractivity contribution < 1.29 is 42.7 Å². The minimum absolute atomic E-state index is 0.237. The van der Waals surface area contributed by atoms with E-state index in [0.717, 1.165) is 119 Å². The van der Waals surface area contributed by atoms with E-state index in [1.165, 1.54) is 64.5 Å². The summed E-state index contributed by atoms with van der Waals surface area (Å²) in [5.74, 6) is 3.39. The van der Waals surface area contributed by atoms with E-state index in [9.17, 15) is 9.59 Å². The van der Waals surface area contributed by atoms with Crippen molar-refractivity contribution in [3.8, 4) is 40.6 Å². The number of hydrogen-bond donors (Lipinski definition) is 0. The fourth-order valence-corrected chi connectivity index (χ4v) is 7.95. The number of azo groups is 1. The van der Waals surface area contributed by atoms with Crippen molar-refractivity contribution in [2.24, 2.45) is 10.2 Å². The van der Waals surface area contributed by atoms with Gasteiger partial charge in [-0.05, 0) is 160 Å². The van der Waals surface area contributed by atoms with Gasteiger partial charge in [-0.3, -0.25) is 0 Å². The molecule has 0 fully saturated rings. The fourth-order valence-electron chi connectivity index (χ4n) is 7.95. The zero-order valence-electron chi connectivity index (χ0n) is 43.4. The van der Waals surface area contributed by atoms with Crippen LogP contribution in [0.5, 0.6) is 34.5 Å². The average Bonchev–Trinajstić information content (AvgIpc) is 3.42. The Morgan fingerprint density at radius 1 is 0.411 bits per heavy atom. The first kappa shape index (κ1) is 57.0. The minimum atomic E-state index is -0.548. The molecule has 0 amide bonds. The first-order valence-corrected chi connectivity index (χ1v) is 26.7. The summed E-state index contributed by atoms with van der Waals surface area (Å²) < 4.78 is 40.3. The molecule has 0 heterocycles. The lowest BCUT2D eigenvalue weighted by atomic mass is 10.1. The molecule has 0 aliphatic heterocycles. The highest BCUT2D eigenvalue weighted by molar-refractivity contribution is 5.96. The van der Waals surface area contributed by atoms with Gasteiger partial charge >= 0.3 is 11.9 Å². The van der Waals surface area contributed by atoms with Crippen LogP contribution in [0.2, 0.25) is 0 Å². The van der Waals surface area contributed by atoms with Gasteiger partial charge in [0.2, 0.25) is 0 Å². The van der Waals surface area contributed by atoms with E-state index in [2.05, 4.69) is 23.2 Å². The monoisotopic (exact) mass is 996 g/mol. The van der Waals surface area contributed by atoms with Gasteiger partial charge in [0.05, 0.1) is 74.3 Å². The molecule has 390 valence electrons. The van der Waals surface area contributed by atoms with Crippen LogP contribution in [0.1, 0.15) is 168 Å². The molecule has 0 radical (unpaired) electrons. The molecule has 0 aromatic heterocycles. The first-order valence-electron chi connectivity index (χ1n) is 26.7. The average molecular weight is 996 g/mol. The molecule has 5 aromatic rings. The Morgan fingerprint density at radius 2 is 0.753 bits per heavy atom. The van der Waals surface area contributed by atoms with Crippen molar-refractivity contribution in [3.05, 3.63) is 132 Å². The predicted octanol–water partition coefficient (Wildman–Crippen LogP) is 16.8. The van der Waals surface area contributed by atoms with Gasteiger partial charge < -0.3 is 33.2 Å². The topological polar surface area (TPSA) is 147 Å². The molecule has 0 saturated heterocycles. The lowest BCUT2D eigenvalue weighted by molar-refractivity contribution is 0.0497. The molecule has 5 aromatic carbocycles. The third kappa shape index (κ3) is 23.9. The van der Waals surface area contributed by atoms with Crippen molar-refractivity contribution in [2.45, 2.75) is 142 Å². The molecule has 0 atom stereocenters. The highest BCUT2D eigenvalue weighted by atomic mass is 16.5. The van der Waals surface area contributed by atoms with Gasteiger partial charge in [0.1, 0.15) is 34.5 Å². The summed E-state index contributed by atoms with van der Waals surface area (Å²) in [7, 11) is 1.31. The van der Waals surface area contributed by atoms with Crippen molar-refractivity contribution in [2.75, 3.05) is 40.1 Å². The van der Waals surface area contributed by atoms with Crippen molar-refractivity contribution in [1.82, 2.24) is 0 Å². The summed E-state index contributed by atoms with van der Waals surface area (Å²) in [6.45, 7) is 5.02. The molecule has 73 heavy (non-hydrogen) atoms. The number of ether oxygens (including phenoxy) is 7. The molecule has 5 rings (SSSR count). The zero-order chi connectivity index (χ0) is 51.4. The highest BCUT2D eigenvalue weighted by Crippen LogP contribution is 2.27. The van der Waals surface area contributed by atoms with Crippen LogP contribution in [-0.4, -0.2) is 52.1 Å². The van der Waals surface area contributed by atoms with Gasteiger partial charge in [0.25, 0.3) is 0 Å². The Bertz CT molecular complexity index is 2360. The van der Waals surface area contributed by atoms with Crippen LogP contribution in [0.3, 0.4) is 0 Å². The van der Waals surface area contributed by atoms with Crippen molar-refractivity contribution in [3.63, 3.8) is 0 Å². The maximum absolute atomic E-state index is 13.0. The summed E-state index contributed by atoms with van der Waals surface area (Å²) in [6.07, 6.45) is 23.7. The number of rotatable bonds is 38. The Labute approximate surface area is 434 Å². The molecule has 0 unspecified atom stereocenters. The third-order valence-corrected chi connectivity index (χ3v) is 12.2. The number of hydrogen-bond acceptors (Lipinski definition) is 12.